The van der Waals surface area contributed by atoms with E-state index in [0.29, 0.717) is 12.3 Å². The first kappa shape index (κ1) is 16.4. The second-order valence-electron chi connectivity index (χ2n) is 6.50. The molecule has 3 heteroatoms. The Morgan fingerprint density at radius 2 is 1.95 bits per heavy atom. The highest BCUT2D eigenvalue weighted by Gasteiger charge is 2.27. The molecule has 1 saturated carbocycles. The zero-order valence-electron chi connectivity index (χ0n) is 13.2. The largest absolute Gasteiger partial charge is 0.313 e. The smallest absolute Gasteiger partial charge is 0.129 e. The predicted octanol–water partition coefficient (Wildman–Crippen LogP) is 4.70. The summed E-state index contributed by atoms with van der Waals surface area (Å²) in [6.45, 7) is 5.32. The van der Waals surface area contributed by atoms with E-state index in [1.54, 1.807) is 0 Å². The summed E-state index contributed by atoms with van der Waals surface area (Å²) in [5.41, 5.74) is 0.240. The molecule has 1 fully saturated rings. The van der Waals surface area contributed by atoms with Crippen LogP contribution in [-0.2, 0) is 6.42 Å². The molecule has 3 atom stereocenters. The molecule has 118 valence electrons. The molecule has 2 rings (SSSR count). The van der Waals surface area contributed by atoms with Gasteiger partial charge in [-0.2, -0.15) is 0 Å². The third kappa shape index (κ3) is 4.50. The van der Waals surface area contributed by atoms with Crippen molar-refractivity contribution >= 4 is 0 Å². The third-order valence-corrected chi connectivity index (χ3v) is 4.69. The monoisotopic (exact) mass is 295 g/mol. The van der Waals surface area contributed by atoms with Crippen molar-refractivity contribution in [1.82, 2.24) is 5.32 Å². The van der Waals surface area contributed by atoms with Gasteiger partial charge in [0.15, 0.2) is 0 Å². The minimum atomic E-state index is -0.415. The lowest BCUT2D eigenvalue weighted by Crippen LogP contribution is -2.40. The van der Waals surface area contributed by atoms with Gasteiger partial charge in [0.2, 0.25) is 0 Å². The van der Waals surface area contributed by atoms with E-state index in [4.69, 9.17) is 0 Å². The van der Waals surface area contributed by atoms with Crippen LogP contribution in [-0.4, -0.2) is 12.6 Å². The maximum absolute atomic E-state index is 13.9. The van der Waals surface area contributed by atoms with Crippen LogP contribution in [0.2, 0.25) is 0 Å². The van der Waals surface area contributed by atoms with Gasteiger partial charge in [-0.05, 0) is 56.2 Å². The van der Waals surface area contributed by atoms with Crippen molar-refractivity contribution in [3.8, 4) is 0 Å². The molecule has 0 saturated heterocycles. The van der Waals surface area contributed by atoms with Crippen molar-refractivity contribution in [3.05, 3.63) is 35.4 Å². The van der Waals surface area contributed by atoms with Gasteiger partial charge in [-0.3, -0.25) is 0 Å². The van der Waals surface area contributed by atoms with E-state index < -0.39 is 11.6 Å². The summed E-state index contributed by atoms with van der Waals surface area (Å²) in [5.74, 6) is 0.420. The van der Waals surface area contributed by atoms with Crippen LogP contribution < -0.4 is 5.32 Å². The molecule has 0 amide bonds. The molecule has 1 aromatic rings. The highest BCUT2D eigenvalue weighted by Crippen LogP contribution is 2.32. The van der Waals surface area contributed by atoms with Gasteiger partial charge in [0, 0.05) is 11.6 Å². The van der Waals surface area contributed by atoms with Crippen molar-refractivity contribution in [1.29, 1.82) is 0 Å². The lowest BCUT2D eigenvalue weighted by molar-refractivity contribution is 0.219. The maximum atomic E-state index is 13.9. The Morgan fingerprint density at radius 1 is 1.24 bits per heavy atom. The zero-order chi connectivity index (χ0) is 15.2. The second kappa shape index (κ2) is 7.88. The van der Waals surface area contributed by atoms with Gasteiger partial charge in [0.1, 0.15) is 11.6 Å². The van der Waals surface area contributed by atoms with Gasteiger partial charge in [0.05, 0.1) is 0 Å². The summed E-state index contributed by atoms with van der Waals surface area (Å²) >= 11 is 0. The Balaban J connectivity index is 2.12. The number of halogens is 2. The van der Waals surface area contributed by atoms with E-state index in [9.17, 15) is 8.78 Å². The first-order chi connectivity index (χ1) is 10.1. The van der Waals surface area contributed by atoms with Crippen LogP contribution in [0.4, 0.5) is 8.78 Å². The molecule has 21 heavy (non-hydrogen) atoms. The van der Waals surface area contributed by atoms with Crippen LogP contribution in [0.25, 0.3) is 0 Å². The quantitative estimate of drug-likeness (QED) is 0.802. The Morgan fingerprint density at radius 3 is 2.57 bits per heavy atom. The summed E-state index contributed by atoms with van der Waals surface area (Å²) in [6.07, 6.45) is 6.34. The molecule has 0 radical (unpaired) electrons. The average Bonchev–Trinajstić information content (AvgIpc) is 2.46. The molecule has 1 aromatic carbocycles. The molecule has 0 aliphatic heterocycles. The topological polar surface area (TPSA) is 12.0 Å². The van der Waals surface area contributed by atoms with E-state index in [0.717, 1.165) is 25.3 Å². The predicted molar refractivity (Wildman–Crippen MR) is 83.3 cm³/mol. The molecule has 0 spiro atoms. The van der Waals surface area contributed by atoms with Crippen LogP contribution in [0.15, 0.2) is 18.2 Å². The molecule has 1 N–H and O–H groups in total. The number of rotatable bonds is 6. The summed E-state index contributed by atoms with van der Waals surface area (Å²) in [7, 11) is 0. The standard InChI is InChI=1S/C18H27F2N/c1-3-10-21-18(14-7-4-6-13(2)11-14)12-15-16(19)8-5-9-17(15)20/h5,8-9,13-14,18,21H,3-4,6-7,10-12H2,1-2H3. The fourth-order valence-corrected chi connectivity index (χ4v) is 3.53. The average molecular weight is 295 g/mol. The normalized spacial score (nSPS) is 24.0. The summed E-state index contributed by atoms with van der Waals surface area (Å²) in [5, 5.41) is 3.53. The van der Waals surface area contributed by atoms with Crippen LogP contribution in [0.1, 0.15) is 51.5 Å². The Bertz CT molecular complexity index is 427. The van der Waals surface area contributed by atoms with Gasteiger partial charge in [0.25, 0.3) is 0 Å². The molecule has 1 aliphatic rings. The van der Waals surface area contributed by atoms with E-state index in [-0.39, 0.29) is 11.6 Å². The van der Waals surface area contributed by atoms with Crippen LogP contribution in [0.3, 0.4) is 0 Å². The van der Waals surface area contributed by atoms with Crippen LogP contribution in [0, 0.1) is 23.5 Å². The highest BCUT2D eigenvalue weighted by molar-refractivity contribution is 5.21. The molecular formula is C18H27F2N. The SMILES string of the molecule is CCCNC(Cc1c(F)cccc1F)C1CCCC(C)C1. The Labute approximate surface area is 127 Å². The van der Waals surface area contributed by atoms with E-state index in [1.165, 1.54) is 37.5 Å². The lowest BCUT2D eigenvalue weighted by atomic mass is 9.77. The van der Waals surface area contributed by atoms with Crippen molar-refractivity contribution in [2.24, 2.45) is 11.8 Å². The molecule has 0 heterocycles. The highest BCUT2D eigenvalue weighted by atomic mass is 19.1. The van der Waals surface area contributed by atoms with E-state index in [2.05, 4.69) is 19.2 Å². The molecule has 1 nitrogen and oxygen atoms in total. The molecule has 1 aliphatic carbocycles. The van der Waals surface area contributed by atoms with Crippen molar-refractivity contribution in [3.63, 3.8) is 0 Å². The van der Waals surface area contributed by atoms with Crippen molar-refractivity contribution in [2.75, 3.05) is 6.54 Å². The summed E-state index contributed by atoms with van der Waals surface area (Å²) in [4.78, 5) is 0. The van der Waals surface area contributed by atoms with Crippen LogP contribution >= 0.6 is 0 Å². The number of benzene rings is 1. The Kier molecular flexibility index (Phi) is 6.16. The summed E-state index contributed by atoms with van der Waals surface area (Å²) < 4.78 is 27.8. The number of hydrogen-bond donors (Lipinski definition) is 1. The van der Waals surface area contributed by atoms with Gasteiger partial charge in [-0.1, -0.05) is 32.8 Å². The fraction of sp³-hybridized carbons (Fsp3) is 0.667. The minimum Gasteiger partial charge on any atom is -0.313 e. The fourth-order valence-electron chi connectivity index (χ4n) is 3.53. The maximum Gasteiger partial charge on any atom is 0.129 e. The zero-order valence-corrected chi connectivity index (χ0v) is 13.2. The first-order valence-electron chi connectivity index (χ1n) is 8.28. The summed E-state index contributed by atoms with van der Waals surface area (Å²) in [6, 6.07) is 4.34. The van der Waals surface area contributed by atoms with Gasteiger partial charge < -0.3 is 5.32 Å². The van der Waals surface area contributed by atoms with E-state index in [1.807, 2.05) is 0 Å². The minimum absolute atomic E-state index is 0.180. The third-order valence-electron chi connectivity index (χ3n) is 4.69. The van der Waals surface area contributed by atoms with Gasteiger partial charge >= 0.3 is 0 Å². The Hall–Kier alpha value is -0.960. The molecular weight excluding hydrogens is 268 g/mol. The molecule has 3 unspecified atom stereocenters. The van der Waals surface area contributed by atoms with Crippen molar-refractivity contribution in [2.45, 2.75) is 58.4 Å². The first-order valence-corrected chi connectivity index (χ1v) is 8.28. The van der Waals surface area contributed by atoms with Crippen molar-refractivity contribution < 1.29 is 8.78 Å². The lowest BCUT2D eigenvalue weighted by Gasteiger charge is -2.34. The molecule has 0 bridgehead atoms. The molecule has 0 aromatic heterocycles. The van der Waals surface area contributed by atoms with Gasteiger partial charge in [-0.25, -0.2) is 8.78 Å². The van der Waals surface area contributed by atoms with E-state index >= 15 is 0 Å². The number of nitrogens with one attached hydrogen (secondary N) is 1. The van der Waals surface area contributed by atoms with Gasteiger partial charge in [-0.15, -0.1) is 0 Å². The second-order valence-corrected chi connectivity index (χ2v) is 6.50. The van der Waals surface area contributed by atoms with Crippen LogP contribution in [0.5, 0.6) is 0 Å². The number of hydrogen-bond acceptors (Lipinski definition) is 1.